The van der Waals surface area contributed by atoms with E-state index in [1.165, 1.54) is 0 Å². The average Bonchev–Trinajstić information content (AvgIpc) is 2.92. The number of aromatic nitrogens is 1. The van der Waals surface area contributed by atoms with Crippen molar-refractivity contribution in [2.45, 2.75) is 70.4 Å². The molecular formula is C15H26ClN3O2. The van der Waals surface area contributed by atoms with E-state index in [0.717, 1.165) is 44.2 Å². The van der Waals surface area contributed by atoms with Crippen LogP contribution in [0.3, 0.4) is 0 Å². The predicted molar refractivity (Wildman–Crippen MR) is 84.8 cm³/mol. The van der Waals surface area contributed by atoms with Crippen molar-refractivity contribution in [2.24, 2.45) is 5.73 Å². The second kappa shape index (κ2) is 8.39. The molecule has 1 aliphatic rings. The predicted octanol–water partition coefficient (Wildman–Crippen LogP) is 3.00. The number of carbonyl (C=O) groups is 1. The van der Waals surface area contributed by atoms with Crippen LogP contribution in [0, 0.1) is 0 Å². The molecule has 2 rings (SSSR count). The zero-order chi connectivity index (χ0) is 14.5. The van der Waals surface area contributed by atoms with Gasteiger partial charge >= 0.3 is 0 Å². The molecule has 0 atom stereocenters. The van der Waals surface area contributed by atoms with E-state index in [-0.39, 0.29) is 30.4 Å². The van der Waals surface area contributed by atoms with Crippen LogP contribution in [0.25, 0.3) is 0 Å². The molecule has 1 amide bonds. The number of amides is 1. The highest BCUT2D eigenvalue weighted by molar-refractivity contribution is 5.91. The first-order chi connectivity index (χ1) is 9.63. The summed E-state index contributed by atoms with van der Waals surface area (Å²) < 4.78 is 5.19. The second-order valence-corrected chi connectivity index (χ2v) is 5.71. The summed E-state index contributed by atoms with van der Waals surface area (Å²) in [6.07, 6.45) is 5.84. The minimum atomic E-state index is -0.157. The molecule has 21 heavy (non-hydrogen) atoms. The largest absolute Gasteiger partial charge is 0.351 e. The van der Waals surface area contributed by atoms with Crippen LogP contribution in [0.2, 0.25) is 0 Å². The first-order valence-corrected chi connectivity index (χ1v) is 7.67. The van der Waals surface area contributed by atoms with E-state index in [1.54, 1.807) is 6.07 Å². The van der Waals surface area contributed by atoms with Gasteiger partial charge in [-0.15, -0.1) is 12.4 Å². The Morgan fingerprint density at radius 2 is 2.00 bits per heavy atom. The molecule has 3 N–H and O–H groups in total. The van der Waals surface area contributed by atoms with Crippen molar-refractivity contribution in [3.63, 3.8) is 0 Å². The van der Waals surface area contributed by atoms with Gasteiger partial charge in [-0.05, 0) is 38.5 Å². The summed E-state index contributed by atoms with van der Waals surface area (Å²) in [6, 6.07) is 2.28. The maximum atomic E-state index is 12.1. The Morgan fingerprint density at radius 1 is 1.38 bits per heavy atom. The van der Waals surface area contributed by atoms with Crippen LogP contribution in [0.1, 0.15) is 74.5 Å². The summed E-state index contributed by atoms with van der Waals surface area (Å²) in [4.78, 5) is 12.1. The highest BCUT2D eigenvalue weighted by Crippen LogP contribution is 2.23. The fourth-order valence-corrected chi connectivity index (χ4v) is 2.82. The topological polar surface area (TPSA) is 81.2 Å². The van der Waals surface area contributed by atoms with Crippen molar-refractivity contribution in [1.82, 2.24) is 10.5 Å². The second-order valence-electron chi connectivity index (χ2n) is 5.71. The molecule has 0 unspecified atom stereocenters. The van der Waals surface area contributed by atoms with Crippen LogP contribution < -0.4 is 11.1 Å². The third-order valence-electron chi connectivity index (χ3n) is 4.26. The van der Waals surface area contributed by atoms with E-state index in [0.29, 0.717) is 11.7 Å². The standard InChI is InChI=1S/C15H25N3O2.ClH/c1-3-10(4-2)13-9-14(20-18-13)15(19)17-12-7-5-11(16)6-8-12;/h9-12H,3-8,16H2,1-2H3,(H,17,19);1H. The quantitative estimate of drug-likeness (QED) is 0.875. The van der Waals surface area contributed by atoms with Crippen molar-refractivity contribution in [3.05, 3.63) is 17.5 Å². The maximum absolute atomic E-state index is 12.1. The lowest BCUT2D eigenvalue weighted by atomic mass is 9.92. The fourth-order valence-electron chi connectivity index (χ4n) is 2.82. The molecule has 0 bridgehead atoms. The molecule has 0 saturated heterocycles. The van der Waals surface area contributed by atoms with Gasteiger partial charge in [-0.2, -0.15) is 0 Å². The van der Waals surface area contributed by atoms with Gasteiger partial charge < -0.3 is 15.6 Å². The fraction of sp³-hybridized carbons (Fsp3) is 0.733. The van der Waals surface area contributed by atoms with Crippen LogP contribution in [0.4, 0.5) is 0 Å². The third-order valence-corrected chi connectivity index (χ3v) is 4.26. The summed E-state index contributed by atoms with van der Waals surface area (Å²) in [7, 11) is 0. The van der Waals surface area contributed by atoms with Crippen molar-refractivity contribution in [2.75, 3.05) is 0 Å². The molecule has 1 aromatic heterocycles. The van der Waals surface area contributed by atoms with Crippen LogP contribution in [0.15, 0.2) is 10.6 Å². The molecule has 1 saturated carbocycles. The number of carbonyl (C=O) groups excluding carboxylic acids is 1. The Labute approximate surface area is 132 Å². The lowest BCUT2D eigenvalue weighted by Crippen LogP contribution is -2.40. The molecule has 1 heterocycles. The molecule has 0 aromatic carbocycles. The molecule has 6 heteroatoms. The molecule has 1 fully saturated rings. The highest BCUT2D eigenvalue weighted by atomic mass is 35.5. The molecule has 0 spiro atoms. The van der Waals surface area contributed by atoms with Gasteiger partial charge in [0.05, 0.1) is 5.69 Å². The van der Waals surface area contributed by atoms with Crippen LogP contribution in [0.5, 0.6) is 0 Å². The number of halogens is 1. The molecule has 5 nitrogen and oxygen atoms in total. The van der Waals surface area contributed by atoms with Crippen molar-refractivity contribution >= 4 is 18.3 Å². The summed E-state index contributed by atoms with van der Waals surface area (Å²) in [5, 5.41) is 7.04. The minimum absolute atomic E-state index is 0. The summed E-state index contributed by atoms with van der Waals surface area (Å²) in [5.41, 5.74) is 6.75. The summed E-state index contributed by atoms with van der Waals surface area (Å²) in [6.45, 7) is 4.24. The zero-order valence-electron chi connectivity index (χ0n) is 12.8. The third kappa shape index (κ3) is 4.71. The lowest BCUT2D eigenvalue weighted by Gasteiger charge is -2.26. The number of nitrogens with two attached hydrogens (primary N) is 1. The van der Waals surface area contributed by atoms with Crippen LogP contribution in [-0.4, -0.2) is 23.1 Å². The van der Waals surface area contributed by atoms with E-state index in [2.05, 4.69) is 24.3 Å². The number of hydrogen-bond acceptors (Lipinski definition) is 4. The van der Waals surface area contributed by atoms with E-state index in [1.807, 2.05) is 0 Å². The molecule has 0 aliphatic heterocycles. The van der Waals surface area contributed by atoms with E-state index >= 15 is 0 Å². The number of nitrogens with one attached hydrogen (secondary N) is 1. The van der Waals surface area contributed by atoms with Crippen LogP contribution in [-0.2, 0) is 0 Å². The van der Waals surface area contributed by atoms with Gasteiger partial charge in [0.15, 0.2) is 0 Å². The number of hydrogen-bond donors (Lipinski definition) is 2. The average molecular weight is 316 g/mol. The highest BCUT2D eigenvalue weighted by Gasteiger charge is 2.23. The Bertz CT molecular complexity index is 438. The number of rotatable bonds is 5. The molecule has 120 valence electrons. The molecular weight excluding hydrogens is 290 g/mol. The van der Waals surface area contributed by atoms with Gasteiger partial charge in [0.2, 0.25) is 5.76 Å². The Balaban J connectivity index is 0.00000220. The summed E-state index contributed by atoms with van der Waals surface area (Å²) in [5.74, 6) is 0.532. The Hall–Kier alpha value is -1.07. The minimum Gasteiger partial charge on any atom is -0.351 e. The van der Waals surface area contributed by atoms with Crippen molar-refractivity contribution in [1.29, 1.82) is 0 Å². The van der Waals surface area contributed by atoms with Crippen LogP contribution >= 0.6 is 12.4 Å². The lowest BCUT2D eigenvalue weighted by molar-refractivity contribution is 0.0888. The van der Waals surface area contributed by atoms with E-state index < -0.39 is 0 Å². The normalized spacial score (nSPS) is 21.9. The summed E-state index contributed by atoms with van der Waals surface area (Å²) >= 11 is 0. The molecule has 1 aliphatic carbocycles. The SMILES string of the molecule is CCC(CC)c1cc(C(=O)NC2CCC(N)CC2)on1.Cl. The van der Waals surface area contributed by atoms with Gasteiger partial charge in [0, 0.05) is 24.1 Å². The molecule has 0 radical (unpaired) electrons. The first kappa shape index (κ1) is 18.0. The maximum Gasteiger partial charge on any atom is 0.290 e. The zero-order valence-corrected chi connectivity index (χ0v) is 13.6. The van der Waals surface area contributed by atoms with Crippen molar-refractivity contribution in [3.8, 4) is 0 Å². The van der Waals surface area contributed by atoms with Gasteiger partial charge in [0.25, 0.3) is 5.91 Å². The van der Waals surface area contributed by atoms with E-state index in [9.17, 15) is 4.79 Å². The van der Waals surface area contributed by atoms with E-state index in [4.69, 9.17) is 10.3 Å². The van der Waals surface area contributed by atoms with Gasteiger partial charge in [-0.3, -0.25) is 4.79 Å². The Morgan fingerprint density at radius 3 is 2.57 bits per heavy atom. The first-order valence-electron chi connectivity index (χ1n) is 7.67. The Kier molecular flexibility index (Phi) is 7.18. The molecule has 1 aromatic rings. The smallest absolute Gasteiger partial charge is 0.290 e. The van der Waals surface area contributed by atoms with Gasteiger partial charge in [-0.25, -0.2) is 0 Å². The number of nitrogens with zero attached hydrogens (tertiary/aromatic N) is 1. The monoisotopic (exact) mass is 315 g/mol. The van der Waals surface area contributed by atoms with Gasteiger partial charge in [0.1, 0.15) is 0 Å². The van der Waals surface area contributed by atoms with Crippen molar-refractivity contribution < 1.29 is 9.32 Å². The van der Waals surface area contributed by atoms with Gasteiger partial charge in [-0.1, -0.05) is 19.0 Å².